The first-order valence-corrected chi connectivity index (χ1v) is 6.93. The van der Waals surface area contributed by atoms with Gasteiger partial charge in [-0.2, -0.15) is 0 Å². The summed E-state index contributed by atoms with van der Waals surface area (Å²) in [6.07, 6.45) is -0.848. The highest BCUT2D eigenvalue weighted by Gasteiger charge is 2.31. The summed E-state index contributed by atoms with van der Waals surface area (Å²) in [5.41, 5.74) is 0.548. The Morgan fingerprint density at radius 3 is 2.55 bits per heavy atom. The Balaban J connectivity index is 2.22. The number of hydrogen-bond acceptors (Lipinski definition) is 3. The first-order chi connectivity index (χ1) is 10.4. The lowest BCUT2D eigenvalue weighted by Crippen LogP contribution is -2.40. The zero-order valence-corrected chi connectivity index (χ0v) is 12.1. The van der Waals surface area contributed by atoms with Crippen LogP contribution in [0, 0.1) is 0 Å². The number of rotatable bonds is 4. The minimum atomic E-state index is -4.72. The number of nitrogens with one attached hydrogen (secondary N) is 1. The maximum Gasteiger partial charge on any atom is 0.573 e. The molecule has 1 saturated heterocycles. The van der Waals surface area contributed by atoms with Crippen molar-refractivity contribution in [2.45, 2.75) is 25.7 Å². The molecule has 0 aromatic heterocycles. The first-order valence-electron chi connectivity index (χ1n) is 6.93. The molecule has 0 radical (unpaired) electrons. The van der Waals surface area contributed by atoms with Gasteiger partial charge in [-0.3, -0.25) is 4.79 Å². The van der Waals surface area contributed by atoms with E-state index in [9.17, 15) is 18.0 Å². The Hall–Kier alpha value is -2.02. The molecule has 0 spiro atoms. The molecular weight excluding hydrogens is 297 g/mol. The summed E-state index contributed by atoms with van der Waals surface area (Å²) in [5.74, 6) is -0.500. The van der Waals surface area contributed by atoms with E-state index >= 15 is 0 Å². The van der Waals surface area contributed by atoms with Gasteiger partial charge in [-0.25, -0.2) is 0 Å². The number of halogens is 3. The lowest BCUT2D eigenvalue weighted by Gasteiger charge is -2.27. The fourth-order valence-corrected chi connectivity index (χ4v) is 2.41. The van der Waals surface area contributed by atoms with E-state index in [1.165, 1.54) is 30.3 Å². The SMILES string of the molecule is CC=CC(=O)N(c1ccc(OC(F)(F)F)cc1)C1CCNC1. The smallest absolute Gasteiger partial charge is 0.406 e. The summed E-state index contributed by atoms with van der Waals surface area (Å²) in [6.45, 7) is 3.20. The Labute approximate surface area is 126 Å². The van der Waals surface area contributed by atoms with Gasteiger partial charge in [0, 0.05) is 12.2 Å². The molecule has 1 aromatic rings. The molecular formula is C15H17F3N2O2. The van der Waals surface area contributed by atoms with E-state index in [1.54, 1.807) is 17.9 Å². The largest absolute Gasteiger partial charge is 0.573 e. The zero-order valence-electron chi connectivity index (χ0n) is 12.1. The van der Waals surface area contributed by atoms with Crippen LogP contribution in [0.1, 0.15) is 13.3 Å². The molecule has 1 atom stereocenters. The molecule has 0 saturated carbocycles. The maximum absolute atomic E-state index is 12.2. The minimum Gasteiger partial charge on any atom is -0.406 e. The zero-order chi connectivity index (χ0) is 16.2. The van der Waals surface area contributed by atoms with Crippen molar-refractivity contribution in [2.75, 3.05) is 18.0 Å². The highest BCUT2D eigenvalue weighted by atomic mass is 19.4. The standard InChI is InChI=1S/C15H17F3N2O2/c1-2-3-14(21)20(12-8-9-19-10-12)11-4-6-13(7-5-11)22-15(16,17)18/h2-7,12,19H,8-10H2,1H3. The Kier molecular flexibility index (Phi) is 5.07. The van der Waals surface area contributed by atoms with Gasteiger partial charge in [-0.1, -0.05) is 6.08 Å². The van der Waals surface area contributed by atoms with Crippen molar-refractivity contribution < 1.29 is 22.7 Å². The molecule has 1 aliphatic heterocycles. The third-order valence-electron chi connectivity index (χ3n) is 3.29. The van der Waals surface area contributed by atoms with Crippen LogP contribution < -0.4 is 15.0 Å². The van der Waals surface area contributed by atoms with Crippen molar-refractivity contribution >= 4 is 11.6 Å². The minimum absolute atomic E-state index is 0.0157. The Morgan fingerprint density at radius 1 is 1.36 bits per heavy atom. The van der Waals surface area contributed by atoms with Crippen LogP contribution in [0.5, 0.6) is 5.75 Å². The predicted molar refractivity (Wildman–Crippen MR) is 76.7 cm³/mol. The second kappa shape index (κ2) is 6.83. The van der Waals surface area contributed by atoms with Crippen LogP contribution >= 0.6 is 0 Å². The van der Waals surface area contributed by atoms with Crippen LogP contribution in [0.3, 0.4) is 0 Å². The van der Waals surface area contributed by atoms with Crippen LogP contribution in [-0.4, -0.2) is 31.4 Å². The molecule has 1 unspecified atom stereocenters. The molecule has 2 rings (SSSR count). The number of allylic oxidation sites excluding steroid dienone is 1. The predicted octanol–water partition coefficient (Wildman–Crippen LogP) is 2.86. The van der Waals surface area contributed by atoms with E-state index in [0.717, 1.165) is 13.0 Å². The average molecular weight is 314 g/mol. The van der Waals surface area contributed by atoms with Crippen LogP contribution in [0.4, 0.5) is 18.9 Å². The summed E-state index contributed by atoms with van der Waals surface area (Å²) in [4.78, 5) is 13.8. The van der Waals surface area contributed by atoms with E-state index in [1.807, 2.05) is 0 Å². The van der Waals surface area contributed by atoms with E-state index in [4.69, 9.17) is 0 Å². The van der Waals surface area contributed by atoms with Gasteiger partial charge in [0.05, 0.1) is 6.04 Å². The average Bonchev–Trinajstić information content (AvgIpc) is 2.93. The second-order valence-corrected chi connectivity index (χ2v) is 4.90. The topological polar surface area (TPSA) is 41.6 Å². The molecule has 1 N–H and O–H groups in total. The Bertz CT molecular complexity index is 535. The number of alkyl halides is 3. The number of carbonyl (C=O) groups excluding carboxylic acids is 1. The highest BCUT2D eigenvalue weighted by Crippen LogP contribution is 2.27. The van der Waals surface area contributed by atoms with Gasteiger partial charge in [0.1, 0.15) is 5.75 Å². The van der Waals surface area contributed by atoms with Gasteiger partial charge in [-0.05, 0) is 50.2 Å². The van der Waals surface area contributed by atoms with Crippen LogP contribution in [0.2, 0.25) is 0 Å². The number of ether oxygens (including phenoxy) is 1. The molecule has 1 amide bonds. The quantitative estimate of drug-likeness (QED) is 0.869. The number of hydrogen-bond donors (Lipinski definition) is 1. The first kappa shape index (κ1) is 16.4. The molecule has 7 heteroatoms. The number of nitrogens with zero attached hydrogens (tertiary/aromatic N) is 1. The van der Waals surface area contributed by atoms with Gasteiger partial charge in [0.15, 0.2) is 0 Å². The molecule has 4 nitrogen and oxygen atoms in total. The van der Waals surface area contributed by atoms with Crippen molar-refractivity contribution in [3.8, 4) is 5.75 Å². The van der Waals surface area contributed by atoms with Crippen molar-refractivity contribution in [3.05, 3.63) is 36.4 Å². The number of carbonyl (C=O) groups is 1. The van der Waals surface area contributed by atoms with Crippen LogP contribution in [-0.2, 0) is 4.79 Å². The van der Waals surface area contributed by atoms with E-state index in [2.05, 4.69) is 10.1 Å². The summed E-state index contributed by atoms with van der Waals surface area (Å²) in [7, 11) is 0. The molecule has 120 valence electrons. The summed E-state index contributed by atoms with van der Waals surface area (Å²) in [6, 6.07) is 5.32. The van der Waals surface area contributed by atoms with Gasteiger partial charge >= 0.3 is 6.36 Å². The highest BCUT2D eigenvalue weighted by molar-refractivity contribution is 6.02. The number of benzene rings is 1. The molecule has 22 heavy (non-hydrogen) atoms. The van der Waals surface area contributed by atoms with Gasteiger partial charge in [-0.15, -0.1) is 13.2 Å². The van der Waals surface area contributed by atoms with Gasteiger partial charge in [0.25, 0.3) is 5.91 Å². The second-order valence-electron chi connectivity index (χ2n) is 4.90. The molecule has 1 aromatic carbocycles. The van der Waals surface area contributed by atoms with Crippen molar-refractivity contribution in [1.29, 1.82) is 0 Å². The van der Waals surface area contributed by atoms with E-state index < -0.39 is 6.36 Å². The monoisotopic (exact) mass is 314 g/mol. The third-order valence-corrected chi connectivity index (χ3v) is 3.29. The fourth-order valence-electron chi connectivity index (χ4n) is 2.41. The van der Waals surface area contributed by atoms with Gasteiger partial charge < -0.3 is 15.0 Å². The number of amides is 1. The van der Waals surface area contributed by atoms with E-state index in [0.29, 0.717) is 12.2 Å². The summed E-state index contributed by atoms with van der Waals surface area (Å²) < 4.78 is 40.4. The van der Waals surface area contributed by atoms with Gasteiger partial charge in [0.2, 0.25) is 0 Å². The molecule has 0 aliphatic carbocycles. The lowest BCUT2D eigenvalue weighted by molar-refractivity contribution is -0.274. The van der Waals surface area contributed by atoms with Crippen molar-refractivity contribution in [2.24, 2.45) is 0 Å². The molecule has 1 heterocycles. The summed E-state index contributed by atoms with van der Waals surface area (Å²) in [5, 5.41) is 3.17. The molecule has 1 aliphatic rings. The summed E-state index contributed by atoms with van der Waals surface area (Å²) >= 11 is 0. The van der Waals surface area contributed by atoms with Crippen LogP contribution in [0.25, 0.3) is 0 Å². The molecule has 1 fully saturated rings. The van der Waals surface area contributed by atoms with E-state index in [-0.39, 0.29) is 17.7 Å². The van der Waals surface area contributed by atoms with Crippen molar-refractivity contribution in [1.82, 2.24) is 5.32 Å². The molecule has 0 bridgehead atoms. The normalized spacial score (nSPS) is 18.6. The Morgan fingerprint density at radius 2 is 2.05 bits per heavy atom. The fraction of sp³-hybridized carbons (Fsp3) is 0.400. The van der Waals surface area contributed by atoms with Crippen LogP contribution in [0.15, 0.2) is 36.4 Å². The maximum atomic E-state index is 12.2. The number of anilines is 1. The van der Waals surface area contributed by atoms with Crippen molar-refractivity contribution in [3.63, 3.8) is 0 Å². The lowest BCUT2D eigenvalue weighted by atomic mass is 10.1. The third kappa shape index (κ3) is 4.24.